The number of benzene rings is 2. The van der Waals surface area contributed by atoms with E-state index >= 15 is 0 Å². The molecule has 0 radical (unpaired) electrons. The van der Waals surface area contributed by atoms with Gasteiger partial charge in [0.05, 0.1) is 6.21 Å². The van der Waals surface area contributed by atoms with Gasteiger partial charge in [0.1, 0.15) is 0 Å². The minimum atomic E-state index is -0.857. The van der Waals surface area contributed by atoms with Crippen molar-refractivity contribution in [3.63, 3.8) is 0 Å². The Kier molecular flexibility index (Phi) is 6.37. The Bertz CT molecular complexity index is 1130. The monoisotopic (exact) mass is 422 g/mol. The fourth-order valence-corrected chi connectivity index (χ4v) is 3.31. The van der Waals surface area contributed by atoms with E-state index in [0.717, 1.165) is 28.2 Å². The van der Waals surface area contributed by atoms with Crippen LogP contribution >= 0.6 is 11.6 Å². The molecule has 6 nitrogen and oxygen atoms in total. The average Bonchev–Trinajstić information content (AvgIpc) is 2.98. The van der Waals surface area contributed by atoms with Crippen molar-refractivity contribution in [2.45, 2.75) is 27.7 Å². The van der Waals surface area contributed by atoms with Crippen LogP contribution in [-0.2, 0) is 9.59 Å². The van der Waals surface area contributed by atoms with Gasteiger partial charge in [-0.2, -0.15) is 5.10 Å². The number of amides is 2. The van der Waals surface area contributed by atoms with E-state index in [2.05, 4.69) is 52.5 Å². The first-order chi connectivity index (χ1) is 14.3. The van der Waals surface area contributed by atoms with Gasteiger partial charge in [0.2, 0.25) is 0 Å². The van der Waals surface area contributed by atoms with E-state index in [4.69, 9.17) is 11.6 Å². The summed E-state index contributed by atoms with van der Waals surface area (Å²) in [7, 11) is 0. The maximum atomic E-state index is 12.0. The van der Waals surface area contributed by atoms with Gasteiger partial charge in [0, 0.05) is 33.3 Å². The van der Waals surface area contributed by atoms with Crippen molar-refractivity contribution in [1.29, 1.82) is 0 Å². The van der Waals surface area contributed by atoms with Crippen molar-refractivity contribution < 1.29 is 9.59 Å². The first kappa shape index (κ1) is 21.3. The molecule has 2 N–H and O–H groups in total. The number of hydrogen-bond acceptors (Lipinski definition) is 3. The zero-order chi connectivity index (χ0) is 21.8. The molecule has 0 saturated heterocycles. The van der Waals surface area contributed by atoms with Crippen molar-refractivity contribution in [2.75, 3.05) is 5.32 Å². The fraction of sp³-hybridized carbons (Fsp3) is 0.174. The highest BCUT2D eigenvalue weighted by Crippen LogP contribution is 2.23. The summed E-state index contributed by atoms with van der Waals surface area (Å²) < 4.78 is 2.15. The molecule has 2 aromatic carbocycles. The van der Waals surface area contributed by atoms with Gasteiger partial charge < -0.3 is 9.88 Å². The maximum absolute atomic E-state index is 12.0. The molecule has 0 aliphatic carbocycles. The molecule has 1 heterocycles. The lowest BCUT2D eigenvalue weighted by molar-refractivity contribution is -0.136. The first-order valence-electron chi connectivity index (χ1n) is 9.43. The largest absolute Gasteiger partial charge is 0.329 e. The topological polar surface area (TPSA) is 75.5 Å². The molecule has 3 rings (SSSR count). The number of nitrogens with one attached hydrogen (secondary N) is 2. The van der Waals surface area contributed by atoms with E-state index in [0.29, 0.717) is 10.7 Å². The summed E-state index contributed by atoms with van der Waals surface area (Å²) in [6.07, 6.45) is 1.54. The third kappa shape index (κ3) is 4.78. The fourth-order valence-electron chi connectivity index (χ4n) is 3.18. The lowest BCUT2D eigenvalue weighted by Crippen LogP contribution is -2.32. The van der Waals surface area contributed by atoms with Crippen LogP contribution in [0.2, 0.25) is 5.02 Å². The molecule has 0 bridgehead atoms. The van der Waals surface area contributed by atoms with E-state index in [-0.39, 0.29) is 0 Å². The van der Waals surface area contributed by atoms with Gasteiger partial charge in [-0.3, -0.25) is 9.59 Å². The van der Waals surface area contributed by atoms with Crippen LogP contribution in [0.4, 0.5) is 5.69 Å². The highest BCUT2D eigenvalue weighted by Gasteiger charge is 2.14. The summed E-state index contributed by atoms with van der Waals surface area (Å²) in [5.74, 6) is -1.67. The predicted octanol–water partition coefficient (Wildman–Crippen LogP) is 4.45. The highest BCUT2D eigenvalue weighted by molar-refractivity contribution is 6.39. The molecule has 2 amide bonds. The normalized spacial score (nSPS) is 11.0. The number of carbonyl (C=O) groups is 2. The van der Waals surface area contributed by atoms with E-state index in [1.54, 1.807) is 24.3 Å². The second-order valence-electron chi connectivity index (χ2n) is 7.11. The Morgan fingerprint density at radius 2 is 1.67 bits per heavy atom. The van der Waals surface area contributed by atoms with Crippen LogP contribution in [-0.4, -0.2) is 22.6 Å². The molecule has 154 valence electrons. The predicted molar refractivity (Wildman–Crippen MR) is 121 cm³/mol. The Morgan fingerprint density at radius 1 is 0.967 bits per heavy atom. The number of anilines is 1. The Hall–Kier alpha value is -3.38. The van der Waals surface area contributed by atoms with E-state index in [9.17, 15) is 9.59 Å². The third-order valence-electron chi connectivity index (χ3n) is 4.75. The van der Waals surface area contributed by atoms with Gasteiger partial charge in [0.15, 0.2) is 0 Å². The molecule has 0 unspecified atom stereocenters. The first-order valence-corrected chi connectivity index (χ1v) is 9.80. The summed E-state index contributed by atoms with van der Waals surface area (Å²) >= 11 is 5.81. The second kappa shape index (κ2) is 8.97. The molecule has 1 aromatic heterocycles. The minimum Gasteiger partial charge on any atom is -0.318 e. The molecule has 30 heavy (non-hydrogen) atoms. The van der Waals surface area contributed by atoms with Crippen molar-refractivity contribution in [3.05, 3.63) is 81.6 Å². The summed E-state index contributed by atoms with van der Waals surface area (Å²) in [5.41, 5.74) is 9.08. The Balaban J connectivity index is 1.70. The number of hydrazone groups is 1. The molecule has 7 heteroatoms. The van der Waals surface area contributed by atoms with Gasteiger partial charge in [-0.25, -0.2) is 5.43 Å². The average molecular weight is 423 g/mol. The van der Waals surface area contributed by atoms with E-state index in [1.807, 2.05) is 19.9 Å². The zero-order valence-electron chi connectivity index (χ0n) is 17.3. The van der Waals surface area contributed by atoms with Crippen LogP contribution in [0.1, 0.15) is 28.1 Å². The summed E-state index contributed by atoms with van der Waals surface area (Å²) in [4.78, 5) is 24.0. The van der Waals surface area contributed by atoms with Crippen LogP contribution in [0.15, 0.2) is 53.6 Å². The number of hydrogen-bond donors (Lipinski definition) is 2. The van der Waals surface area contributed by atoms with Gasteiger partial charge in [-0.05, 0) is 75.2 Å². The molecule has 0 atom stereocenters. The minimum absolute atomic E-state index is 0.473. The van der Waals surface area contributed by atoms with Gasteiger partial charge >= 0.3 is 11.8 Å². The second-order valence-corrected chi connectivity index (χ2v) is 7.55. The number of carbonyl (C=O) groups excluding carboxylic acids is 2. The summed E-state index contributed by atoms with van der Waals surface area (Å²) in [5, 5.41) is 6.98. The molecule has 3 aromatic rings. The number of aromatic nitrogens is 1. The Labute approximate surface area is 180 Å². The van der Waals surface area contributed by atoms with Crippen LogP contribution in [0.3, 0.4) is 0 Å². The summed E-state index contributed by atoms with van der Waals surface area (Å²) in [6.45, 7) is 8.14. The number of nitrogens with zero attached hydrogens (tertiary/aromatic N) is 2. The lowest BCUT2D eigenvalue weighted by atomic mass is 10.1. The molecule has 0 spiro atoms. The van der Waals surface area contributed by atoms with Crippen molar-refractivity contribution in [2.24, 2.45) is 5.10 Å². The van der Waals surface area contributed by atoms with Crippen LogP contribution in [0.25, 0.3) is 5.69 Å². The smallest absolute Gasteiger partial charge is 0.318 e. The van der Waals surface area contributed by atoms with Gasteiger partial charge in [0.25, 0.3) is 0 Å². The molecular formula is C23H23ClN4O2. The Morgan fingerprint density at radius 3 is 2.37 bits per heavy atom. The SMILES string of the molecule is Cc1ccc(C)c(-n2c(C)cc(/C=N\NC(=O)C(=O)Nc3ccc(Cl)cc3)c2C)c1. The molecular weight excluding hydrogens is 400 g/mol. The molecule has 0 saturated carbocycles. The zero-order valence-corrected chi connectivity index (χ0v) is 18.0. The maximum Gasteiger partial charge on any atom is 0.329 e. The van der Waals surface area contributed by atoms with Crippen LogP contribution < -0.4 is 10.7 Å². The molecule has 0 aliphatic heterocycles. The van der Waals surface area contributed by atoms with Gasteiger partial charge in [-0.15, -0.1) is 0 Å². The molecule has 0 fully saturated rings. The van der Waals surface area contributed by atoms with Crippen LogP contribution in [0, 0.1) is 27.7 Å². The van der Waals surface area contributed by atoms with E-state index in [1.165, 1.54) is 11.8 Å². The van der Waals surface area contributed by atoms with Crippen LogP contribution in [0.5, 0.6) is 0 Å². The van der Waals surface area contributed by atoms with Gasteiger partial charge in [-0.1, -0.05) is 23.7 Å². The lowest BCUT2D eigenvalue weighted by Gasteiger charge is -2.13. The number of rotatable bonds is 4. The number of halogens is 1. The van der Waals surface area contributed by atoms with Crippen molar-refractivity contribution in [1.82, 2.24) is 9.99 Å². The third-order valence-corrected chi connectivity index (χ3v) is 5.01. The standard InChI is InChI=1S/C23H23ClN4O2/c1-14-5-6-15(2)21(11-14)28-16(3)12-18(17(28)4)13-25-27-23(30)22(29)26-20-9-7-19(24)8-10-20/h5-13H,1-4H3,(H,26,29)(H,27,30)/b25-13-. The molecule has 0 aliphatic rings. The van der Waals surface area contributed by atoms with Crippen molar-refractivity contribution in [3.8, 4) is 5.69 Å². The van der Waals surface area contributed by atoms with E-state index < -0.39 is 11.8 Å². The highest BCUT2D eigenvalue weighted by atomic mass is 35.5. The number of aryl methyl sites for hydroxylation is 3. The van der Waals surface area contributed by atoms with Crippen molar-refractivity contribution >= 4 is 35.3 Å². The summed E-state index contributed by atoms with van der Waals surface area (Å²) in [6, 6.07) is 14.8. The quantitative estimate of drug-likeness (QED) is 0.370.